The van der Waals surface area contributed by atoms with Gasteiger partial charge in [0.1, 0.15) is 0 Å². The second kappa shape index (κ2) is 8.77. The predicted octanol–water partition coefficient (Wildman–Crippen LogP) is 1.11. The molecule has 0 rings (SSSR count). The van der Waals surface area contributed by atoms with Crippen LogP contribution in [0.25, 0.3) is 0 Å². The molecule has 1 N–H and O–H groups in total. The summed E-state index contributed by atoms with van der Waals surface area (Å²) in [4.78, 5) is 26.2. The fraction of sp³-hybridized carbons (Fsp3) is 0.800. The summed E-state index contributed by atoms with van der Waals surface area (Å²) in [5, 5.41) is 23.9. The SMILES string of the molecule is CCN(CC(=O)O)/[N+]([O-])=N/OC(C)OC(=O)OC(C)C. The van der Waals surface area contributed by atoms with Crippen molar-refractivity contribution in [3.05, 3.63) is 5.21 Å². The van der Waals surface area contributed by atoms with Gasteiger partial charge in [0.2, 0.25) is 5.28 Å². The second-order valence-electron chi connectivity index (χ2n) is 3.92. The summed E-state index contributed by atoms with van der Waals surface area (Å²) in [5.41, 5.74) is 0. The quantitative estimate of drug-likeness (QED) is 0.232. The highest BCUT2D eigenvalue weighted by molar-refractivity contribution is 5.68. The molecule has 1 atom stereocenters. The summed E-state index contributed by atoms with van der Waals surface area (Å²) >= 11 is 0. The number of carboxylic acids is 1. The minimum Gasteiger partial charge on any atom is -0.569 e. The Labute approximate surface area is 116 Å². The standard InChI is InChI=1S/C10H19N3O7/c1-5-12(6-9(14)15)13(17)11-20-8(4)19-10(16)18-7(2)3/h7-8H,5-6H2,1-4H3,(H,14,15)/b13-11-. The topological polar surface area (TPSA) is 124 Å². The minimum absolute atomic E-state index is 0.0260. The number of ether oxygens (including phenoxy) is 2. The summed E-state index contributed by atoms with van der Waals surface area (Å²) in [6.07, 6.45) is -2.46. The number of hydrogen-bond donors (Lipinski definition) is 1. The molecule has 0 spiro atoms. The van der Waals surface area contributed by atoms with Gasteiger partial charge in [-0.05, 0) is 20.8 Å². The molecule has 0 fully saturated rings. The maximum Gasteiger partial charge on any atom is 0.511 e. The highest BCUT2D eigenvalue weighted by atomic mass is 16.8. The van der Waals surface area contributed by atoms with Crippen molar-refractivity contribution in [2.24, 2.45) is 5.28 Å². The fourth-order valence-corrected chi connectivity index (χ4v) is 0.985. The van der Waals surface area contributed by atoms with Crippen LogP contribution >= 0.6 is 0 Å². The Morgan fingerprint density at radius 3 is 2.40 bits per heavy atom. The summed E-state index contributed by atoms with van der Waals surface area (Å²) in [6.45, 7) is 5.77. The third-order valence-electron chi connectivity index (χ3n) is 1.78. The van der Waals surface area contributed by atoms with E-state index in [4.69, 9.17) is 5.11 Å². The Morgan fingerprint density at radius 2 is 1.95 bits per heavy atom. The Kier molecular flexibility index (Phi) is 7.78. The van der Waals surface area contributed by atoms with Crippen molar-refractivity contribution in [1.29, 1.82) is 0 Å². The van der Waals surface area contributed by atoms with Crippen LogP contribution in [0, 0.1) is 5.21 Å². The van der Waals surface area contributed by atoms with Crippen LogP contribution in [0.2, 0.25) is 0 Å². The summed E-state index contributed by atoms with van der Waals surface area (Å²) in [7, 11) is 0. The van der Waals surface area contributed by atoms with Crippen LogP contribution in [0.15, 0.2) is 5.28 Å². The first-order chi connectivity index (χ1) is 9.26. The first-order valence-electron chi connectivity index (χ1n) is 5.94. The predicted molar refractivity (Wildman–Crippen MR) is 64.2 cm³/mol. The number of carbonyl (C=O) groups is 2. The number of carbonyl (C=O) groups excluding carboxylic acids is 1. The first-order valence-corrected chi connectivity index (χ1v) is 5.94. The highest BCUT2D eigenvalue weighted by Gasteiger charge is 2.17. The van der Waals surface area contributed by atoms with E-state index in [1.54, 1.807) is 20.8 Å². The smallest absolute Gasteiger partial charge is 0.511 e. The molecule has 0 aliphatic rings. The third kappa shape index (κ3) is 7.95. The average Bonchev–Trinajstić information content (AvgIpc) is 2.31. The Morgan fingerprint density at radius 1 is 1.35 bits per heavy atom. The van der Waals surface area contributed by atoms with Gasteiger partial charge in [-0.1, -0.05) is 0 Å². The van der Waals surface area contributed by atoms with E-state index in [1.807, 2.05) is 0 Å². The van der Waals surface area contributed by atoms with Gasteiger partial charge in [0.25, 0.3) is 6.29 Å². The molecule has 0 bridgehead atoms. The van der Waals surface area contributed by atoms with Crippen molar-refractivity contribution in [2.75, 3.05) is 13.1 Å². The van der Waals surface area contributed by atoms with Crippen molar-refractivity contribution in [3.63, 3.8) is 0 Å². The molecule has 1 unspecified atom stereocenters. The van der Waals surface area contributed by atoms with E-state index in [0.29, 0.717) is 0 Å². The molecule has 0 aliphatic heterocycles. The molecule has 0 radical (unpaired) electrons. The number of rotatable bonds is 8. The van der Waals surface area contributed by atoms with E-state index < -0.39 is 25.0 Å². The van der Waals surface area contributed by atoms with Gasteiger partial charge in [-0.15, -0.1) is 5.01 Å². The monoisotopic (exact) mass is 293 g/mol. The molecular formula is C10H19N3O7. The molecule has 0 saturated carbocycles. The van der Waals surface area contributed by atoms with Crippen LogP contribution in [0.5, 0.6) is 0 Å². The maximum absolute atomic E-state index is 11.4. The zero-order valence-corrected chi connectivity index (χ0v) is 11.8. The lowest BCUT2D eigenvalue weighted by Gasteiger charge is -2.15. The Balaban J connectivity index is 4.30. The molecule has 0 aliphatic carbocycles. The van der Waals surface area contributed by atoms with E-state index in [-0.39, 0.29) is 17.6 Å². The lowest BCUT2D eigenvalue weighted by atomic mass is 10.5. The van der Waals surface area contributed by atoms with Gasteiger partial charge in [0.05, 0.1) is 17.6 Å². The van der Waals surface area contributed by atoms with Crippen molar-refractivity contribution >= 4 is 12.1 Å². The van der Waals surface area contributed by atoms with Crippen LogP contribution in [0.1, 0.15) is 27.7 Å². The van der Waals surface area contributed by atoms with Gasteiger partial charge >= 0.3 is 12.1 Å². The lowest BCUT2D eigenvalue weighted by Crippen LogP contribution is -2.35. The molecule has 116 valence electrons. The molecule has 0 heterocycles. The molecule has 10 heteroatoms. The first kappa shape index (κ1) is 17.7. The van der Waals surface area contributed by atoms with Crippen molar-refractivity contribution in [3.8, 4) is 0 Å². The number of carboxylic acid groups (broad SMARTS) is 1. The van der Waals surface area contributed by atoms with Crippen LogP contribution in [0.3, 0.4) is 0 Å². The Bertz CT molecular complexity index is 359. The van der Waals surface area contributed by atoms with Gasteiger partial charge in [-0.3, -0.25) is 9.63 Å². The van der Waals surface area contributed by atoms with E-state index in [9.17, 15) is 14.8 Å². The van der Waals surface area contributed by atoms with Crippen molar-refractivity contribution in [2.45, 2.75) is 40.1 Å². The van der Waals surface area contributed by atoms with E-state index in [2.05, 4.69) is 19.6 Å². The van der Waals surface area contributed by atoms with Crippen LogP contribution in [-0.2, 0) is 19.1 Å². The fourth-order valence-electron chi connectivity index (χ4n) is 0.985. The van der Waals surface area contributed by atoms with Crippen molar-refractivity contribution < 1.29 is 34.0 Å². The van der Waals surface area contributed by atoms with Gasteiger partial charge < -0.3 is 19.8 Å². The maximum atomic E-state index is 11.4. The van der Waals surface area contributed by atoms with Gasteiger partial charge in [-0.25, -0.2) is 4.79 Å². The summed E-state index contributed by atoms with van der Waals surface area (Å²) in [6, 6.07) is 0. The molecule has 0 amide bonds. The lowest BCUT2D eigenvalue weighted by molar-refractivity contribution is -0.710. The number of likely N-dealkylation sites (N-methyl/N-ethyl adjacent to an activating group) is 1. The van der Waals surface area contributed by atoms with E-state index in [1.165, 1.54) is 6.92 Å². The molecular weight excluding hydrogens is 274 g/mol. The molecule has 10 nitrogen and oxygen atoms in total. The normalized spacial score (nSPS) is 12.8. The summed E-state index contributed by atoms with van der Waals surface area (Å²) in [5.74, 6) is -1.19. The third-order valence-corrected chi connectivity index (χ3v) is 1.78. The average molecular weight is 293 g/mol. The van der Waals surface area contributed by atoms with Gasteiger partial charge in [0.15, 0.2) is 6.54 Å². The zero-order valence-electron chi connectivity index (χ0n) is 11.8. The van der Waals surface area contributed by atoms with E-state index in [0.717, 1.165) is 5.01 Å². The molecule has 0 saturated heterocycles. The molecule has 0 aromatic carbocycles. The second-order valence-corrected chi connectivity index (χ2v) is 3.92. The van der Waals surface area contributed by atoms with E-state index >= 15 is 0 Å². The minimum atomic E-state index is -1.19. The largest absolute Gasteiger partial charge is 0.569 e. The number of hydrazine groups is 1. The number of nitrogens with zero attached hydrogens (tertiary/aromatic N) is 3. The Hall–Kier alpha value is -2.26. The summed E-state index contributed by atoms with van der Waals surface area (Å²) < 4.78 is 9.31. The van der Waals surface area contributed by atoms with Crippen LogP contribution in [-0.4, -0.2) is 52.7 Å². The van der Waals surface area contributed by atoms with Crippen LogP contribution < -0.4 is 0 Å². The van der Waals surface area contributed by atoms with Crippen LogP contribution in [0.4, 0.5) is 4.79 Å². The molecule has 0 aromatic rings. The molecule has 0 aromatic heterocycles. The zero-order chi connectivity index (χ0) is 15.7. The number of aliphatic carboxylic acids is 1. The van der Waals surface area contributed by atoms with Crippen molar-refractivity contribution in [1.82, 2.24) is 5.01 Å². The highest BCUT2D eigenvalue weighted by Crippen LogP contribution is 2.01. The molecule has 20 heavy (non-hydrogen) atoms. The van der Waals surface area contributed by atoms with Gasteiger partial charge in [-0.2, -0.15) is 0 Å². The number of hydrogen-bond acceptors (Lipinski definition) is 7. The van der Waals surface area contributed by atoms with Gasteiger partial charge in [0, 0.05) is 6.92 Å².